The highest BCUT2D eigenvalue weighted by Crippen LogP contribution is 2.27. The van der Waals surface area contributed by atoms with E-state index in [0.29, 0.717) is 6.04 Å². The van der Waals surface area contributed by atoms with Gasteiger partial charge in [0.25, 0.3) is 0 Å². The van der Waals surface area contributed by atoms with E-state index >= 15 is 0 Å². The molecule has 1 aliphatic rings. The van der Waals surface area contributed by atoms with Gasteiger partial charge in [0.2, 0.25) is 0 Å². The zero-order valence-electron chi connectivity index (χ0n) is 11.4. The van der Waals surface area contributed by atoms with Gasteiger partial charge in [-0.15, -0.1) is 0 Å². The SMILES string of the molecule is CCCC1CCN(C(CN)C(CC)CC)C1. The summed E-state index contributed by atoms with van der Waals surface area (Å²) in [5.74, 6) is 1.73. The molecule has 1 heterocycles. The predicted molar refractivity (Wildman–Crippen MR) is 71.5 cm³/mol. The Hall–Kier alpha value is -0.0800. The van der Waals surface area contributed by atoms with E-state index in [0.717, 1.165) is 18.4 Å². The third-order valence-corrected chi connectivity index (χ3v) is 4.32. The molecule has 0 saturated carbocycles. The first kappa shape index (κ1) is 14.0. The first-order valence-corrected chi connectivity index (χ1v) is 7.20. The quantitative estimate of drug-likeness (QED) is 0.723. The summed E-state index contributed by atoms with van der Waals surface area (Å²) in [7, 11) is 0. The molecule has 2 nitrogen and oxygen atoms in total. The summed E-state index contributed by atoms with van der Waals surface area (Å²) in [6.45, 7) is 10.3. The van der Waals surface area contributed by atoms with Gasteiger partial charge >= 0.3 is 0 Å². The molecule has 0 amide bonds. The Bertz CT molecular complexity index is 178. The van der Waals surface area contributed by atoms with E-state index in [-0.39, 0.29) is 0 Å². The van der Waals surface area contributed by atoms with Gasteiger partial charge in [0.15, 0.2) is 0 Å². The third-order valence-electron chi connectivity index (χ3n) is 4.32. The molecule has 0 radical (unpaired) electrons. The van der Waals surface area contributed by atoms with Crippen molar-refractivity contribution >= 4 is 0 Å². The number of hydrogen-bond donors (Lipinski definition) is 1. The molecule has 2 N–H and O–H groups in total. The Labute approximate surface area is 102 Å². The summed E-state index contributed by atoms with van der Waals surface area (Å²) in [6, 6.07) is 0.636. The van der Waals surface area contributed by atoms with Crippen LogP contribution in [0.4, 0.5) is 0 Å². The fraction of sp³-hybridized carbons (Fsp3) is 1.00. The van der Waals surface area contributed by atoms with Crippen LogP contribution >= 0.6 is 0 Å². The van der Waals surface area contributed by atoms with Crippen LogP contribution in [0.3, 0.4) is 0 Å². The lowest BCUT2D eigenvalue weighted by Gasteiger charge is -2.33. The van der Waals surface area contributed by atoms with Crippen LogP contribution in [0.2, 0.25) is 0 Å². The minimum atomic E-state index is 0.636. The van der Waals surface area contributed by atoms with Gasteiger partial charge < -0.3 is 5.73 Å². The van der Waals surface area contributed by atoms with Gasteiger partial charge in [-0.2, -0.15) is 0 Å². The van der Waals surface area contributed by atoms with Gasteiger partial charge in [0.05, 0.1) is 0 Å². The number of nitrogens with zero attached hydrogens (tertiary/aromatic N) is 1. The van der Waals surface area contributed by atoms with E-state index in [9.17, 15) is 0 Å². The first-order chi connectivity index (χ1) is 7.76. The highest BCUT2D eigenvalue weighted by Gasteiger charge is 2.30. The molecule has 1 rings (SSSR count). The second-order valence-electron chi connectivity index (χ2n) is 5.32. The highest BCUT2D eigenvalue weighted by molar-refractivity contribution is 4.85. The van der Waals surface area contributed by atoms with Gasteiger partial charge in [-0.25, -0.2) is 0 Å². The lowest BCUT2D eigenvalue weighted by Crippen LogP contribution is -2.44. The zero-order valence-corrected chi connectivity index (χ0v) is 11.4. The van der Waals surface area contributed by atoms with E-state index in [2.05, 4.69) is 25.7 Å². The summed E-state index contributed by atoms with van der Waals surface area (Å²) in [5, 5.41) is 0. The molecule has 2 unspecified atom stereocenters. The molecule has 0 aliphatic carbocycles. The molecule has 1 aliphatic heterocycles. The maximum absolute atomic E-state index is 5.98. The molecule has 0 aromatic rings. The minimum Gasteiger partial charge on any atom is -0.329 e. The zero-order chi connectivity index (χ0) is 12.0. The van der Waals surface area contributed by atoms with Crippen molar-refractivity contribution in [2.45, 2.75) is 58.9 Å². The maximum atomic E-state index is 5.98. The molecular formula is C14H30N2. The van der Waals surface area contributed by atoms with Crippen LogP contribution in [0.15, 0.2) is 0 Å². The summed E-state index contributed by atoms with van der Waals surface area (Å²) in [5.41, 5.74) is 5.98. The van der Waals surface area contributed by atoms with E-state index in [4.69, 9.17) is 5.73 Å². The van der Waals surface area contributed by atoms with Crippen LogP contribution in [0, 0.1) is 11.8 Å². The molecule has 0 aromatic heterocycles. The first-order valence-electron chi connectivity index (χ1n) is 7.20. The normalized spacial score (nSPS) is 24.2. The van der Waals surface area contributed by atoms with Crippen molar-refractivity contribution in [3.05, 3.63) is 0 Å². The van der Waals surface area contributed by atoms with Crippen molar-refractivity contribution in [3.63, 3.8) is 0 Å². The van der Waals surface area contributed by atoms with Crippen molar-refractivity contribution < 1.29 is 0 Å². The Morgan fingerprint density at radius 1 is 1.25 bits per heavy atom. The maximum Gasteiger partial charge on any atom is 0.0246 e. The van der Waals surface area contributed by atoms with Gasteiger partial charge in [-0.3, -0.25) is 4.90 Å². The highest BCUT2D eigenvalue weighted by atomic mass is 15.2. The molecule has 2 heteroatoms. The standard InChI is InChI=1S/C14H30N2/c1-4-7-12-8-9-16(11-12)14(10-15)13(5-2)6-3/h12-14H,4-11,15H2,1-3H3. The summed E-state index contributed by atoms with van der Waals surface area (Å²) in [6.07, 6.45) is 6.67. The molecule has 0 bridgehead atoms. The topological polar surface area (TPSA) is 29.3 Å². The van der Waals surface area contributed by atoms with E-state index in [1.54, 1.807) is 0 Å². The Balaban J connectivity index is 2.48. The van der Waals surface area contributed by atoms with Gasteiger partial charge in [-0.1, -0.05) is 40.0 Å². The van der Waals surface area contributed by atoms with Crippen LogP contribution < -0.4 is 5.73 Å². The number of hydrogen-bond acceptors (Lipinski definition) is 2. The average Bonchev–Trinajstić information content (AvgIpc) is 2.74. The van der Waals surface area contributed by atoms with Crippen LogP contribution in [-0.2, 0) is 0 Å². The summed E-state index contributed by atoms with van der Waals surface area (Å²) in [4.78, 5) is 2.66. The predicted octanol–water partition coefficient (Wildman–Crippen LogP) is 2.87. The van der Waals surface area contributed by atoms with Crippen LogP contribution in [0.5, 0.6) is 0 Å². The summed E-state index contributed by atoms with van der Waals surface area (Å²) >= 11 is 0. The van der Waals surface area contributed by atoms with Crippen molar-refractivity contribution in [1.29, 1.82) is 0 Å². The van der Waals surface area contributed by atoms with Gasteiger partial charge in [0.1, 0.15) is 0 Å². The third kappa shape index (κ3) is 3.46. The van der Waals surface area contributed by atoms with Crippen LogP contribution in [0.25, 0.3) is 0 Å². The van der Waals surface area contributed by atoms with Crippen molar-refractivity contribution in [3.8, 4) is 0 Å². The monoisotopic (exact) mass is 226 g/mol. The molecule has 96 valence electrons. The lowest BCUT2D eigenvalue weighted by molar-refractivity contribution is 0.165. The van der Waals surface area contributed by atoms with E-state index < -0.39 is 0 Å². The Morgan fingerprint density at radius 3 is 2.44 bits per heavy atom. The fourth-order valence-electron chi connectivity index (χ4n) is 3.28. The molecule has 1 fully saturated rings. The molecule has 1 saturated heterocycles. The molecular weight excluding hydrogens is 196 g/mol. The molecule has 16 heavy (non-hydrogen) atoms. The molecule has 2 atom stereocenters. The lowest BCUT2D eigenvalue weighted by atomic mass is 9.93. The van der Waals surface area contributed by atoms with Crippen LogP contribution in [0.1, 0.15) is 52.9 Å². The molecule has 0 aromatic carbocycles. The number of rotatable bonds is 7. The average molecular weight is 226 g/mol. The smallest absolute Gasteiger partial charge is 0.0246 e. The van der Waals surface area contributed by atoms with Crippen molar-refractivity contribution in [2.75, 3.05) is 19.6 Å². The fourth-order valence-corrected chi connectivity index (χ4v) is 3.28. The second-order valence-corrected chi connectivity index (χ2v) is 5.32. The van der Waals surface area contributed by atoms with Crippen molar-refractivity contribution in [2.24, 2.45) is 17.6 Å². The van der Waals surface area contributed by atoms with E-state index in [1.165, 1.54) is 45.2 Å². The second kappa shape index (κ2) is 7.29. The van der Waals surface area contributed by atoms with Crippen LogP contribution in [-0.4, -0.2) is 30.6 Å². The van der Waals surface area contributed by atoms with E-state index in [1.807, 2.05) is 0 Å². The Kier molecular flexibility index (Phi) is 6.37. The van der Waals surface area contributed by atoms with Crippen molar-refractivity contribution in [1.82, 2.24) is 4.90 Å². The van der Waals surface area contributed by atoms with Gasteiger partial charge in [0, 0.05) is 19.1 Å². The summed E-state index contributed by atoms with van der Waals surface area (Å²) < 4.78 is 0. The molecule has 0 spiro atoms. The van der Waals surface area contributed by atoms with Gasteiger partial charge in [-0.05, 0) is 31.2 Å². The number of nitrogens with two attached hydrogens (primary N) is 1. The largest absolute Gasteiger partial charge is 0.329 e. The number of likely N-dealkylation sites (tertiary alicyclic amines) is 1. The minimum absolute atomic E-state index is 0.636. The Morgan fingerprint density at radius 2 is 1.94 bits per heavy atom.